The van der Waals surface area contributed by atoms with E-state index in [-0.39, 0.29) is 0 Å². The molecule has 2 heterocycles. The second-order valence-electron chi connectivity index (χ2n) is 5.27. The largest absolute Gasteiger partial charge is 0.361 e. The van der Waals surface area contributed by atoms with E-state index in [2.05, 4.69) is 46.8 Å². The lowest BCUT2D eigenvalue weighted by Gasteiger charge is -2.12. The Kier molecular flexibility index (Phi) is 4.98. The Morgan fingerprint density at radius 2 is 2.04 bits per heavy atom. The fourth-order valence-electron chi connectivity index (χ4n) is 2.56. The number of benzene rings is 1. The van der Waals surface area contributed by atoms with Gasteiger partial charge in [-0.2, -0.15) is 0 Å². The molecule has 5 heteroatoms. The van der Waals surface area contributed by atoms with Crippen LogP contribution >= 0.6 is 11.8 Å². The zero-order valence-corrected chi connectivity index (χ0v) is 14.6. The first kappa shape index (κ1) is 16.0. The molecule has 0 unspecified atom stereocenters. The topological polar surface area (TPSA) is 39.9 Å². The van der Waals surface area contributed by atoms with E-state index >= 15 is 0 Å². The highest BCUT2D eigenvalue weighted by Crippen LogP contribution is 2.32. The van der Waals surface area contributed by atoms with E-state index in [1.165, 1.54) is 4.90 Å². The van der Waals surface area contributed by atoms with Gasteiger partial charge in [-0.15, -0.1) is 11.8 Å². The lowest BCUT2D eigenvalue weighted by atomic mass is 10.2. The van der Waals surface area contributed by atoms with E-state index < -0.39 is 0 Å². The van der Waals surface area contributed by atoms with Crippen molar-refractivity contribution in [3.8, 4) is 11.4 Å². The zero-order valence-electron chi connectivity index (χ0n) is 13.7. The third-order valence-electron chi connectivity index (χ3n) is 3.59. The van der Waals surface area contributed by atoms with E-state index in [0.29, 0.717) is 13.3 Å². The van der Waals surface area contributed by atoms with Crippen molar-refractivity contribution in [2.24, 2.45) is 0 Å². The molecule has 1 aromatic carbocycles. The van der Waals surface area contributed by atoms with Crippen LogP contribution in [0.15, 0.2) is 41.4 Å². The molecule has 0 saturated carbocycles. The molecule has 0 saturated heterocycles. The number of pyridine rings is 1. The van der Waals surface area contributed by atoms with E-state index in [4.69, 9.17) is 9.72 Å². The Bertz CT molecular complexity index is 813. The molecule has 0 aliphatic heterocycles. The summed E-state index contributed by atoms with van der Waals surface area (Å²) in [5.74, 6) is 1.95. The van der Waals surface area contributed by atoms with Crippen molar-refractivity contribution in [2.75, 3.05) is 12.4 Å². The fraction of sp³-hybridized carbons (Fsp3) is 0.333. The van der Waals surface area contributed by atoms with Crippen molar-refractivity contribution < 1.29 is 4.74 Å². The van der Waals surface area contributed by atoms with Gasteiger partial charge in [0.2, 0.25) is 0 Å². The van der Waals surface area contributed by atoms with Gasteiger partial charge >= 0.3 is 0 Å². The van der Waals surface area contributed by atoms with Crippen LogP contribution in [0.1, 0.15) is 19.4 Å². The van der Waals surface area contributed by atoms with Gasteiger partial charge in [0.15, 0.2) is 5.65 Å². The van der Waals surface area contributed by atoms with Crippen LogP contribution in [0.4, 0.5) is 0 Å². The minimum absolute atomic E-state index is 0.485. The molecule has 23 heavy (non-hydrogen) atoms. The maximum atomic E-state index is 5.68. The second kappa shape index (κ2) is 7.15. The third kappa shape index (κ3) is 3.26. The molecule has 3 rings (SSSR count). The Hall–Kier alpha value is -1.85. The Morgan fingerprint density at radius 3 is 2.83 bits per heavy atom. The van der Waals surface area contributed by atoms with Gasteiger partial charge in [0.25, 0.3) is 0 Å². The predicted molar refractivity (Wildman–Crippen MR) is 95.7 cm³/mol. The summed E-state index contributed by atoms with van der Waals surface area (Å²) in [5.41, 5.74) is 4.04. The number of imidazole rings is 1. The highest BCUT2D eigenvalue weighted by molar-refractivity contribution is 7.99. The summed E-state index contributed by atoms with van der Waals surface area (Å²) in [4.78, 5) is 10.5. The van der Waals surface area contributed by atoms with Gasteiger partial charge in [-0.05, 0) is 37.3 Å². The number of aromatic nitrogens is 3. The number of thioether (sulfide) groups is 1. The number of aryl methyl sites for hydroxylation is 1. The number of nitrogens with zero attached hydrogens (tertiary/aromatic N) is 3. The average molecular weight is 327 g/mol. The predicted octanol–water partition coefficient (Wildman–Crippen LogP) is 4.51. The molecule has 0 fully saturated rings. The number of fused-ring (bicyclic) bond motifs is 1. The molecule has 0 aliphatic carbocycles. The molecular formula is C18H21N3OS. The van der Waals surface area contributed by atoms with Crippen molar-refractivity contribution >= 4 is 22.9 Å². The van der Waals surface area contributed by atoms with Crippen molar-refractivity contribution in [1.82, 2.24) is 14.5 Å². The summed E-state index contributed by atoms with van der Waals surface area (Å²) in [6, 6.07) is 10.5. The molecule has 0 amide bonds. The van der Waals surface area contributed by atoms with Gasteiger partial charge in [0.1, 0.15) is 12.6 Å². The lowest BCUT2D eigenvalue weighted by molar-refractivity contribution is 0.0915. The minimum atomic E-state index is 0.485. The van der Waals surface area contributed by atoms with Gasteiger partial charge in [-0.1, -0.05) is 25.1 Å². The first-order chi connectivity index (χ1) is 11.2. The summed E-state index contributed by atoms with van der Waals surface area (Å²) in [6.45, 7) is 7.37. The van der Waals surface area contributed by atoms with Crippen molar-refractivity contribution in [3.63, 3.8) is 0 Å². The van der Waals surface area contributed by atoms with E-state index in [1.54, 1.807) is 0 Å². The lowest BCUT2D eigenvalue weighted by Crippen LogP contribution is -2.05. The fourth-order valence-corrected chi connectivity index (χ4v) is 3.36. The normalized spacial score (nSPS) is 11.3. The Morgan fingerprint density at radius 1 is 1.22 bits per heavy atom. The van der Waals surface area contributed by atoms with Crippen molar-refractivity contribution in [3.05, 3.63) is 42.1 Å². The minimum Gasteiger partial charge on any atom is -0.361 e. The maximum absolute atomic E-state index is 5.68. The molecule has 4 nitrogen and oxygen atoms in total. The van der Waals surface area contributed by atoms with Gasteiger partial charge in [-0.25, -0.2) is 9.97 Å². The molecule has 0 aliphatic rings. The summed E-state index contributed by atoms with van der Waals surface area (Å²) >= 11 is 1.83. The van der Waals surface area contributed by atoms with Gasteiger partial charge in [-0.3, -0.25) is 4.57 Å². The van der Waals surface area contributed by atoms with Crippen molar-refractivity contribution in [1.29, 1.82) is 0 Å². The molecule has 0 bridgehead atoms. The van der Waals surface area contributed by atoms with Crippen LogP contribution in [0, 0.1) is 6.92 Å². The van der Waals surface area contributed by atoms with Crippen LogP contribution in [0.3, 0.4) is 0 Å². The molecular weight excluding hydrogens is 306 g/mol. The van der Waals surface area contributed by atoms with Gasteiger partial charge in [0, 0.05) is 23.3 Å². The maximum Gasteiger partial charge on any atom is 0.178 e. The Labute approximate surface area is 140 Å². The van der Waals surface area contributed by atoms with Gasteiger partial charge < -0.3 is 4.74 Å². The van der Waals surface area contributed by atoms with Crippen molar-refractivity contribution in [2.45, 2.75) is 32.4 Å². The highest BCUT2D eigenvalue weighted by atomic mass is 32.2. The molecule has 120 valence electrons. The summed E-state index contributed by atoms with van der Waals surface area (Å²) in [6.07, 6.45) is 1.86. The SMILES string of the molecule is CCOCn1c(-c2ccccc2SCC)nc2ncc(C)cc21. The number of hydrogen-bond donors (Lipinski definition) is 0. The average Bonchev–Trinajstić information content (AvgIpc) is 2.91. The van der Waals surface area contributed by atoms with Crippen LogP contribution in [-0.4, -0.2) is 26.9 Å². The number of hydrogen-bond acceptors (Lipinski definition) is 4. The van der Waals surface area contributed by atoms with E-state index in [9.17, 15) is 0 Å². The second-order valence-corrected chi connectivity index (χ2v) is 6.58. The smallest absolute Gasteiger partial charge is 0.178 e. The summed E-state index contributed by atoms with van der Waals surface area (Å²) in [5, 5.41) is 0. The molecule has 0 atom stereocenters. The molecule has 0 spiro atoms. The van der Waals surface area contributed by atoms with Crippen LogP contribution < -0.4 is 0 Å². The molecule has 3 aromatic rings. The van der Waals surface area contributed by atoms with E-state index in [1.807, 2.05) is 31.8 Å². The van der Waals surface area contributed by atoms with E-state index in [0.717, 1.165) is 33.9 Å². The van der Waals surface area contributed by atoms with Crippen LogP contribution in [0.5, 0.6) is 0 Å². The standard InChI is InChI=1S/C18H21N3OS/c1-4-22-12-21-15-10-13(3)11-19-17(15)20-18(21)14-8-6-7-9-16(14)23-5-2/h6-11H,4-5,12H2,1-3H3. The quantitative estimate of drug-likeness (QED) is 0.624. The van der Waals surface area contributed by atoms with Gasteiger partial charge in [0.05, 0.1) is 5.52 Å². The molecule has 2 aromatic heterocycles. The van der Waals surface area contributed by atoms with Crippen LogP contribution in [0.2, 0.25) is 0 Å². The highest BCUT2D eigenvalue weighted by Gasteiger charge is 2.16. The third-order valence-corrected chi connectivity index (χ3v) is 4.55. The van der Waals surface area contributed by atoms with Crippen LogP contribution in [0.25, 0.3) is 22.6 Å². The monoisotopic (exact) mass is 327 g/mol. The first-order valence-electron chi connectivity index (χ1n) is 7.87. The Balaban J connectivity index is 2.20. The summed E-state index contributed by atoms with van der Waals surface area (Å²) < 4.78 is 7.80. The number of ether oxygens (including phenoxy) is 1. The summed E-state index contributed by atoms with van der Waals surface area (Å²) in [7, 11) is 0. The van der Waals surface area contributed by atoms with Crippen LogP contribution in [-0.2, 0) is 11.5 Å². The first-order valence-corrected chi connectivity index (χ1v) is 8.86. The zero-order chi connectivity index (χ0) is 16.2. The number of rotatable bonds is 6. The molecule has 0 radical (unpaired) electrons. The molecule has 0 N–H and O–H groups in total.